The minimum absolute atomic E-state index is 0.870. The van der Waals surface area contributed by atoms with E-state index < -0.39 is 0 Å². The summed E-state index contributed by atoms with van der Waals surface area (Å²) in [5, 5.41) is 1.22. The summed E-state index contributed by atoms with van der Waals surface area (Å²) in [6, 6.07) is 6.10. The van der Waals surface area contributed by atoms with Gasteiger partial charge in [-0.1, -0.05) is 0 Å². The molecule has 1 heterocycles. The fourth-order valence-corrected chi connectivity index (χ4v) is 2.28. The molecule has 0 unspecified atom stereocenters. The van der Waals surface area contributed by atoms with Crippen molar-refractivity contribution in [2.45, 2.75) is 0 Å². The van der Waals surface area contributed by atoms with Gasteiger partial charge in [0.15, 0.2) is 0 Å². The van der Waals surface area contributed by atoms with Crippen molar-refractivity contribution in [1.29, 1.82) is 0 Å². The summed E-state index contributed by atoms with van der Waals surface area (Å²) in [4.78, 5) is 0. The van der Waals surface area contributed by atoms with Crippen molar-refractivity contribution >= 4 is 26.8 Å². The second-order valence-corrected chi connectivity index (χ2v) is 3.74. The average molecular weight is 240 g/mol. The third-order valence-electron chi connectivity index (χ3n) is 2.16. The van der Waals surface area contributed by atoms with Gasteiger partial charge < -0.3 is 9.30 Å². The molecule has 0 atom stereocenters. The lowest BCUT2D eigenvalue weighted by Gasteiger charge is -2.05. The van der Waals surface area contributed by atoms with E-state index >= 15 is 0 Å². The molecular weight excluding hydrogens is 230 g/mol. The number of benzene rings is 1. The molecule has 1 aromatic carbocycles. The smallest absolute Gasteiger partial charge is 0.135 e. The molecule has 0 fully saturated rings. The zero-order valence-electron chi connectivity index (χ0n) is 7.54. The number of rotatable bonds is 1. The number of nitrogens with zero attached hydrogens (tertiary/aromatic N) is 1. The van der Waals surface area contributed by atoms with E-state index in [9.17, 15) is 0 Å². The van der Waals surface area contributed by atoms with Crippen LogP contribution in [0.15, 0.2) is 28.9 Å². The molecule has 13 heavy (non-hydrogen) atoms. The zero-order chi connectivity index (χ0) is 9.42. The van der Waals surface area contributed by atoms with Crippen LogP contribution in [0.4, 0.5) is 0 Å². The fraction of sp³-hybridized carbons (Fsp3) is 0.200. The van der Waals surface area contributed by atoms with E-state index in [1.807, 2.05) is 19.3 Å². The standard InChI is InChI=1S/C10H10BrNO/c1-12-6-5-7-3-4-8(13-2)9(11)10(7)12/h3-6H,1-2H3. The molecule has 0 amide bonds. The Kier molecular flexibility index (Phi) is 2.04. The number of aryl methyl sites for hydroxylation is 1. The minimum atomic E-state index is 0.870. The van der Waals surface area contributed by atoms with E-state index in [0.717, 1.165) is 10.2 Å². The Balaban J connectivity index is 2.83. The highest BCUT2D eigenvalue weighted by atomic mass is 79.9. The average Bonchev–Trinajstić information content (AvgIpc) is 2.49. The third-order valence-corrected chi connectivity index (χ3v) is 2.93. The lowest BCUT2D eigenvalue weighted by Crippen LogP contribution is -1.89. The summed E-state index contributed by atoms with van der Waals surface area (Å²) in [5.41, 5.74) is 1.17. The van der Waals surface area contributed by atoms with Crippen molar-refractivity contribution in [2.75, 3.05) is 7.11 Å². The van der Waals surface area contributed by atoms with Crippen molar-refractivity contribution in [3.63, 3.8) is 0 Å². The van der Waals surface area contributed by atoms with Crippen molar-refractivity contribution in [2.24, 2.45) is 7.05 Å². The monoisotopic (exact) mass is 239 g/mol. The van der Waals surface area contributed by atoms with Crippen LogP contribution in [0.3, 0.4) is 0 Å². The number of hydrogen-bond donors (Lipinski definition) is 0. The lowest BCUT2D eigenvalue weighted by atomic mass is 10.2. The molecule has 0 bridgehead atoms. The van der Waals surface area contributed by atoms with Gasteiger partial charge in [0.2, 0.25) is 0 Å². The zero-order valence-corrected chi connectivity index (χ0v) is 9.13. The van der Waals surface area contributed by atoms with Gasteiger partial charge in [-0.25, -0.2) is 0 Å². The summed E-state index contributed by atoms with van der Waals surface area (Å²) in [6.45, 7) is 0. The number of methoxy groups -OCH3 is 1. The maximum Gasteiger partial charge on any atom is 0.135 e. The lowest BCUT2D eigenvalue weighted by molar-refractivity contribution is 0.412. The van der Waals surface area contributed by atoms with Gasteiger partial charge in [0.05, 0.1) is 17.1 Å². The van der Waals surface area contributed by atoms with Gasteiger partial charge in [0.25, 0.3) is 0 Å². The van der Waals surface area contributed by atoms with E-state index in [1.54, 1.807) is 7.11 Å². The van der Waals surface area contributed by atoms with Crippen molar-refractivity contribution in [3.8, 4) is 5.75 Å². The highest BCUT2D eigenvalue weighted by molar-refractivity contribution is 9.10. The van der Waals surface area contributed by atoms with Gasteiger partial charge in [0.1, 0.15) is 5.75 Å². The Morgan fingerprint density at radius 1 is 1.31 bits per heavy atom. The number of aromatic nitrogens is 1. The maximum absolute atomic E-state index is 5.22. The maximum atomic E-state index is 5.22. The topological polar surface area (TPSA) is 14.2 Å². The van der Waals surface area contributed by atoms with Crippen LogP contribution in [0.5, 0.6) is 5.75 Å². The second kappa shape index (κ2) is 3.07. The first-order chi connectivity index (χ1) is 6.24. The molecule has 2 rings (SSSR count). The molecule has 0 saturated carbocycles. The number of halogens is 1. The Morgan fingerprint density at radius 2 is 2.08 bits per heavy atom. The van der Waals surface area contributed by atoms with E-state index in [1.165, 1.54) is 10.9 Å². The van der Waals surface area contributed by atoms with E-state index in [0.29, 0.717) is 0 Å². The van der Waals surface area contributed by atoms with Crippen LogP contribution in [0, 0.1) is 0 Å². The van der Waals surface area contributed by atoms with Crippen molar-refractivity contribution in [3.05, 3.63) is 28.9 Å². The summed E-state index contributed by atoms with van der Waals surface area (Å²) >= 11 is 3.53. The first kappa shape index (κ1) is 8.63. The van der Waals surface area contributed by atoms with Crippen LogP contribution >= 0.6 is 15.9 Å². The first-order valence-electron chi connectivity index (χ1n) is 4.01. The second-order valence-electron chi connectivity index (χ2n) is 2.95. The Hall–Kier alpha value is -0.960. The van der Waals surface area contributed by atoms with E-state index in [2.05, 4.69) is 32.6 Å². The quantitative estimate of drug-likeness (QED) is 0.747. The molecule has 0 spiro atoms. The van der Waals surface area contributed by atoms with Crippen LogP contribution in [0.2, 0.25) is 0 Å². The summed E-state index contributed by atoms with van der Waals surface area (Å²) in [7, 11) is 3.70. The molecule has 2 nitrogen and oxygen atoms in total. The van der Waals surface area contributed by atoms with E-state index in [-0.39, 0.29) is 0 Å². The molecule has 68 valence electrons. The van der Waals surface area contributed by atoms with Gasteiger partial charge in [-0.15, -0.1) is 0 Å². The molecule has 0 saturated heterocycles. The van der Waals surface area contributed by atoms with Crippen molar-refractivity contribution in [1.82, 2.24) is 4.57 Å². The van der Waals surface area contributed by atoms with Gasteiger partial charge >= 0.3 is 0 Å². The van der Waals surface area contributed by atoms with Crippen LogP contribution in [-0.2, 0) is 7.05 Å². The molecule has 0 aliphatic heterocycles. The number of fused-ring (bicyclic) bond motifs is 1. The highest BCUT2D eigenvalue weighted by Gasteiger charge is 2.07. The van der Waals surface area contributed by atoms with Crippen LogP contribution < -0.4 is 4.74 Å². The third kappa shape index (κ3) is 1.23. The minimum Gasteiger partial charge on any atom is -0.495 e. The van der Waals surface area contributed by atoms with Crippen LogP contribution in [-0.4, -0.2) is 11.7 Å². The van der Waals surface area contributed by atoms with Gasteiger partial charge in [-0.2, -0.15) is 0 Å². The summed E-state index contributed by atoms with van der Waals surface area (Å²) in [5.74, 6) is 0.870. The predicted molar refractivity (Wildman–Crippen MR) is 57.2 cm³/mol. The fourth-order valence-electron chi connectivity index (χ4n) is 1.48. The van der Waals surface area contributed by atoms with E-state index in [4.69, 9.17) is 4.74 Å². The Morgan fingerprint density at radius 3 is 2.77 bits per heavy atom. The molecule has 3 heteroatoms. The number of hydrogen-bond acceptors (Lipinski definition) is 1. The van der Waals surface area contributed by atoms with Crippen LogP contribution in [0.25, 0.3) is 10.9 Å². The molecule has 0 radical (unpaired) electrons. The van der Waals surface area contributed by atoms with Gasteiger partial charge in [-0.05, 0) is 34.1 Å². The molecule has 1 aromatic heterocycles. The summed E-state index contributed by atoms with van der Waals surface area (Å²) < 4.78 is 8.30. The number of ether oxygens (including phenoxy) is 1. The SMILES string of the molecule is COc1ccc2ccn(C)c2c1Br. The van der Waals surface area contributed by atoms with Crippen molar-refractivity contribution < 1.29 is 4.74 Å². The van der Waals surface area contributed by atoms with Gasteiger partial charge in [-0.3, -0.25) is 0 Å². The van der Waals surface area contributed by atoms with Crippen LogP contribution in [0.1, 0.15) is 0 Å². The molecular formula is C10H10BrNO. The summed E-state index contributed by atoms with van der Waals surface area (Å²) in [6.07, 6.45) is 2.04. The Bertz CT molecular complexity index is 447. The molecule has 0 aliphatic carbocycles. The predicted octanol–water partition coefficient (Wildman–Crippen LogP) is 2.95. The van der Waals surface area contributed by atoms with Gasteiger partial charge in [0, 0.05) is 18.6 Å². The normalized spacial score (nSPS) is 10.7. The first-order valence-corrected chi connectivity index (χ1v) is 4.81. The largest absolute Gasteiger partial charge is 0.495 e. The molecule has 2 aromatic rings. The molecule has 0 aliphatic rings. The molecule has 0 N–H and O–H groups in total. The Labute approximate surface area is 85.2 Å². The highest BCUT2D eigenvalue weighted by Crippen LogP contribution is 2.32.